The second-order valence-electron chi connectivity index (χ2n) is 9.16. The van der Waals surface area contributed by atoms with Crippen LogP contribution in [0.2, 0.25) is 0 Å². The van der Waals surface area contributed by atoms with Crippen molar-refractivity contribution < 1.29 is 8.98 Å². The highest BCUT2D eigenvalue weighted by Crippen LogP contribution is 2.42. The van der Waals surface area contributed by atoms with E-state index >= 15 is 0 Å². The minimum atomic E-state index is 0.827. The van der Waals surface area contributed by atoms with Gasteiger partial charge in [-0.1, -0.05) is 54.6 Å². The van der Waals surface area contributed by atoms with Crippen molar-refractivity contribution in [3.05, 3.63) is 109 Å². The van der Waals surface area contributed by atoms with Crippen molar-refractivity contribution in [3.63, 3.8) is 0 Å². The molecule has 3 aromatic heterocycles. The van der Waals surface area contributed by atoms with E-state index in [1.165, 1.54) is 27.1 Å². The van der Waals surface area contributed by atoms with Crippen molar-refractivity contribution in [3.8, 4) is 22.4 Å². The fourth-order valence-electron chi connectivity index (χ4n) is 5.41. The number of aryl methyl sites for hydroxylation is 2. The number of nitrogens with zero attached hydrogens (tertiary/aromatic N) is 2. The first-order valence-corrected chi connectivity index (χ1v) is 11.9. The quantitative estimate of drug-likeness (QED) is 0.199. The van der Waals surface area contributed by atoms with Crippen LogP contribution in [0.4, 0.5) is 0 Å². The van der Waals surface area contributed by atoms with Crippen LogP contribution in [0.25, 0.3) is 66.0 Å². The number of furan rings is 1. The molecule has 0 aliphatic rings. The lowest BCUT2D eigenvalue weighted by Crippen LogP contribution is -2.30. The number of fused-ring (bicyclic) bond motifs is 6. The minimum Gasteiger partial charge on any atom is -0.453 e. The molecule has 166 valence electrons. The molecule has 3 heteroatoms. The van der Waals surface area contributed by atoms with Gasteiger partial charge >= 0.3 is 0 Å². The van der Waals surface area contributed by atoms with Crippen LogP contribution in [-0.2, 0) is 7.05 Å². The number of pyridine rings is 2. The molecule has 7 rings (SSSR count). The first kappa shape index (κ1) is 19.9. The van der Waals surface area contributed by atoms with Gasteiger partial charge in [0.1, 0.15) is 12.6 Å². The highest BCUT2D eigenvalue weighted by molar-refractivity contribution is 6.17. The summed E-state index contributed by atoms with van der Waals surface area (Å²) in [6.45, 7) is 2.14. The van der Waals surface area contributed by atoms with Gasteiger partial charge in [-0.25, -0.2) is 4.57 Å². The van der Waals surface area contributed by atoms with Crippen LogP contribution < -0.4 is 4.57 Å². The summed E-state index contributed by atoms with van der Waals surface area (Å²) in [6, 6.07) is 32.1. The van der Waals surface area contributed by atoms with Gasteiger partial charge in [-0.05, 0) is 63.9 Å². The van der Waals surface area contributed by atoms with Gasteiger partial charge in [0.2, 0.25) is 5.69 Å². The Balaban J connectivity index is 1.60. The number of hydrogen-bond acceptors (Lipinski definition) is 2. The summed E-state index contributed by atoms with van der Waals surface area (Å²) in [5, 5.41) is 5.97. The van der Waals surface area contributed by atoms with Crippen molar-refractivity contribution >= 4 is 43.6 Å². The molecule has 0 aliphatic carbocycles. The molecular weight excluding hydrogens is 428 g/mol. The van der Waals surface area contributed by atoms with E-state index in [2.05, 4.69) is 110 Å². The Morgan fingerprint density at radius 3 is 2.31 bits per heavy atom. The molecule has 0 aliphatic heterocycles. The Morgan fingerprint density at radius 2 is 1.46 bits per heavy atom. The van der Waals surface area contributed by atoms with Crippen LogP contribution in [0.5, 0.6) is 0 Å². The maximum Gasteiger partial charge on any atom is 0.216 e. The van der Waals surface area contributed by atoms with Crippen LogP contribution in [-0.4, -0.2) is 4.98 Å². The molecule has 0 amide bonds. The maximum absolute atomic E-state index is 6.74. The largest absolute Gasteiger partial charge is 0.453 e. The third-order valence-corrected chi connectivity index (χ3v) is 7.10. The zero-order chi connectivity index (χ0) is 23.5. The molecule has 35 heavy (non-hydrogen) atoms. The van der Waals surface area contributed by atoms with Crippen molar-refractivity contribution in [2.75, 3.05) is 0 Å². The Kier molecular flexibility index (Phi) is 4.27. The topological polar surface area (TPSA) is 29.9 Å². The predicted molar refractivity (Wildman–Crippen MR) is 143 cm³/mol. The molecule has 0 spiro atoms. The fourth-order valence-corrected chi connectivity index (χ4v) is 5.41. The Labute approximate surface area is 202 Å². The number of aromatic nitrogens is 2. The lowest BCUT2D eigenvalue weighted by Gasteiger charge is -2.11. The van der Waals surface area contributed by atoms with Gasteiger partial charge in [-0.2, -0.15) is 0 Å². The second kappa shape index (κ2) is 7.51. The van der Waals surface area contributed by atoms with Gasteiger partial charge in [-0.15, -0.1) is 0 Å². The van der Waals surface area contributed by atoms with Crippen LogP contribution in [0.1, 0.15) is 5.56 Å². The zero-order valence-corrected chi connectivity index (χ0v) is 19.6. The van der Waals surface area contributed by atoms with Gasteiger partial charge in [0, 0.05) is 29.3 Å². The Bertz CT molecular complexity index is 1930. The summed E-state index contributed by atoms with van der Waals surface area (Å²) in [6.07, 6.45) is 3.97. The van der Waals surface area contributed by atoms with E-state index in [0.717, 1.165) is 44.5 Å². The average molecular weight is 452 g/mol. The molecule has 3 nitrogen and oxygen atoms in total. The molecule has 7 aromatic rings. The maximum atomic E-state index is 6.74. The number of rotatable bonds is 2. The highest BCUT2D eigenvalue weighted by Gasteiger charge is 2.22. The van der Waals surface area contributed by atoms with Crippen molar-refractivity contribution in [2.24, 2.45) is 7.05 Å². The molecule has 4 aromatic carbocycles. The summed E-state index contributed by atoms with van der Waals surface area (Å²) < 4.78 is 8.88. The average Bonchev–Trinajstić information content (AvgIpc) is 3.28. The molecule has 0 saturated carbocycles. The van der Waals surface area contributed by atoms with Crippen LogP contribution >= 0.6 is 0 Å². The van der Waals surface area contributed by atoms with Crippen molar-refractivity contribution in [2.45, 2.75) is 6.92 Å². The molecule has 3 heterocycles. The lowest BCUT2D eigenvalue weighted by molar-refractivity contribution is -0.660. The Hall–Kier alpha value is -4.50. The minimum absolute atomic E-state index is 0.827. The summed E-state index contributed by atoms with van der Waals surface area (Å²) in [7, 11) is 2.07. The van der Waals surface area contributed by atoms with Gasteiger partial charge in [-0.3, -0.25) is 4.98 Å². The summed E-state index contributed by atoms with van der Waals surface area (Å²) >= 11 is 0. The summed E-state index contributed by atoms with van der Waals surface area (Å²) in [5.41, 5.74) is 8.24. The standard InChI is InChI=1S/C32H23N2O/c1-20-14-15-26-30-32(35-31(26)29(20)28-13-7-8-18-34(28)2)25(16-17-33-30)27-19-21-9-3-4-10-22(21)23-11-5-6-12-24(23)27/h3-19H,1-2H3/q+1. The van der Waals surface area contributed by atoms with Gasteiger partial charge in [0.25, 0.3) is 0 Å². The number of benzene rings is 4. The highest BCUT2D eigenvalue weighted by atomic mass is 16.3. The van der Waals surface area contributed by atoms with Crippen molar-refractivity contribution in [1.29, 1.82) is 0 Å². The monoisotopic (exact) mass is 451 g/mol. The third kappa shape index (κ3) is 2.91. The predicted octanol–water partition coefficient (Wildman–Crippen LogP) is 7.75. The van der Waals surface area contributed by atoms with E-state index in [9.17, 15) is 0 Å². The first-order chi connectivity index (χ1) is 17.2. The van der Waals surface area contributed by atoms with Crippen LogP contribution in [0.3, 0.4) is 0 Å². The third-order valence-electron chi connectivity index (χ3n) is 7.10. The molecule has 0 N–H and O–H groups in total. The normalized spacial score (nSPS) is 11.7. The summed E-state index contributed by atoms with van der Waals surface area (Å²) in [4.78, 5) is 4.78. The van der Waals surface area contributed by atoms with Crippen LogP contribution in [0.15, 0.2) is 108 Å². The fraction of sp³-hybridized carbons (Fsp3) is 0.0625. The molecule has 0 saturated heterocycles. The first-order valence-electron chi connectivity index (χ1n) is 11.9. The Morgan fingerprint density at radius 1 is 0.686 bits per heavy atom. The molecular formula is C32H23N2O+. The van der Waals surface area contributed by atoms with Crippen LogP contribution in [0, 0.1) is 6.92 Å². The van der Waals surface area contributed by atoms with Crippen molar-refractivity contribution in [1.82, 2.24) is 4.98 Å². The van der Waals surface area contributed by atoms with Gasteiger partial charge in [0.05, 0.1) is 5.56 Å². The number of hydrogen-bond donors (Lipinski definition) is 0. The van der Waals surface area contributed by atoms with E-state index in [1.54, 1.807) is 0 Å². The second-order valence-corrected chi connectivity index (χ2v) is 9.16. The van der Waals surface area contributed by atoms with Gasteiger partial charge in [0.15, 0.2) is 17.4 Å². The SMILES string of the molecule is Cc1ccc2c(oc3c(-c4cc5ccccc5c5ccccc45)ccnc32)c1-c1cccc[n+]1C. The van der Waals surface area contributed by atoms with E-state index in [-0.39, 0.29) is 0 Å². The van der Waals surface area contributed by atoms with E-state index < -0.39 is 0 Å². The lowest BCUT2D eigenvalue weighted by atomic mass is 9.93. The van der Waals surface area contributed by atoms with Gasteiger partial charge < -0.3 is 4.42 Å². The van der Waals surface area contributed by atoms with E-state index in [1.807, 2.05) is 12.3 Å². The smallest absolute Gasteiger partial charge is 0.216 e. The molecule has 0 bridgehead atoms. The molecule has 0 radical (unpaired) electrons. The van der Waals surface area contributed by atoms with E-state index in [4.69, 9.17) is 9.40 Å². The zero-order valence-electron chi connectivity index (χ0n) is 19.6. The molecule has 0 atom stereocenters. The molecule has 0 fully saturated rings. The summed E-state index contributed by atoms with van der Waals surface area (Å²) in [5.74, 6) is 0. The van der Waals surface area contributed by atoms with E-state index in [0.29, 0.717) is 0 Å². The molecule has 0 unspecified atom stereocenters.